The molecule has 0 aliphatic carbocycles. The maximum Gasteiger partial charge on any atom is 0.299 e. The summed E-state index contributed by atoms with van der Waals surface area (Å²) in [6, 6.07) is 4.62. The molecule has 0 unspecified atom stereocenters. The smallest absolute Gasteiger partial charge is 0.299 e. The number of methoxy groups -OCH3 is 1. The highest BCUT2D eigenvalue weighted by Gasteiger charge is 2.23. The van der Waals surface area contributed by atoms with Crippen LogP contribution in [-0.4, -0.2) is 35.1 Å². The van der Waals surface area contributed by atoms with Crippen molar-refractivity contribution < 1.29 is 13.2 Å². The number of hydrogen-bond donors (Lipinski definition) is 1. The Morgan fingerprint density at radius 3 is 2.57 bits per heavy atom. The number of aromatic nitrogens is 4. The van der Waals surface area contributed by atoms with Crippen molar-refractivity contribution in [3.05, 3.63) is 40.6 Å². The van der Waals surface area contributed by atoms with Crippen LogP contribution in [0, 0.1) is 0 Å². The molecule has 0 amide bonds. The van der Waals surface area contributed by atoms with Gasteiger partial charge < -0.3 is 4.74 Å². The van der Waals surface area contributed by atoms with E-state index < -0.39 is 15.2 Å². The Hall–Kier alpha value is -2.10. The lowest BCUT2D eigenvalue weighted by atomic mass is 10.3. The first kappa shape index (κ1) is 15.8. The third-order valence-corrected chi connectivity index (χ3v) is 4.60. The highest BCUT2D eigenvalue weighted by molar-refractivity contribution is 7.92. The van der Waals surface area contributed by atoms with E-state index in [2.05, 4.69) is 19.8 Å². The second kappa shape index (κ2) is 5.84. The van der Waals surface area contributed by atoms with Gasteiger partial charge in [-0.15, -0.1) is 5.10 Å². The molecule has 0 spiro atoms. The van der Waals surface area contributed by atoms with Crippen LogP contribution in [0.4, 0.5) is 5.69 Å². The largest absolute Gasteiger partial charge is 0.480 e. The van der Waals surface area contributed by atoms with Gasteiger partial charge >= 0.3 is 0 Å². The SMILES string of the molecule is COc1cncc2nc(S(=O)(=O)Nc3c(Cl)cccc3Cl)nn12. The van der Waals surface area contributed by atoms with Gasteiger partial charge in [0.05, 0.1) is 35.2 Å². The predicted octanol–water partition coefficient (Wildman–Crippen LogP) is 2.24. The van der Waals surface area contributed by atoms with Gasteiger partial charge in [-0.1, -0.05) is 29.3 Å². The van der Waals surface area contributed by atoms with E-state index in [0.717, 1.165) is 0 Å². The molecule has 0 saturated carbocycles. The van der Waals surface area contributed by atoms with Crippen LogP contribution in [0.1, 0.15) is 0 Å². The molecule has 0 saturated heterocycles. The summed E-state index contributed by atoms with van der Waals surface area (Å²) >= 11 is 11.9. The molecule has 1 N–H and O–H groups in total. The van der Waals surface area contributed by atoms with Gasteiger partial charge in [-0.3, -0.25) is 9.71 Å². The number of para-hydroxylation sites is 1. The number of nitrogens with zero attached hydrogens (tertiary/aromatic N) is 4. The standard InChI is InChI=1S/C12H9Cl2N5O3S/c1-22-10-6-15-5-9-16-12(17-19(9)10)23(20,21)18-11-7(13)3-2-4-8(11)14/h2-6,18H,1H3. The van der Waals surface area contributed by atoms with Gasteiger partial charge in [0.15, 0.2) is 5.65 Å². The number of sulfonamides is 1. The summed E-state index contributed by atoms with van der Waals surface area (Å²) < 4.78 is 33.4. The number of benzene rings is 1. The summed E-state index contributed by atoms with van der Waals surface area (Å²) in [5, 5.41) is 3.77. The molecule has 3 rings (SSSR count). The van der Waals surface area contributed by atoms with Crippen LogP contribution in [-0.2, 0) is 10.0 Å². The summed E-state index contributed by atoms with van der Waals surface area (Å²) in [6.07, 6.45) is 2.74. The maximum absolute atomic E-state index is 12.4. The van der Waals surface area contributed by atoms with E-state index >= 15 is 0 Å². The molecule has 0 aliphatic heterocycles. The molecule has 120 valence electrons. The Bertz CT molecular complexity index is 969. The Kier molecular flexibility index (Phi) is 4.00. The third-order valence-electron chi connectivity index (χ3n) is 2.85. The highest BCUT2D eigenvalue weighted by atomic mass is 35.5. The topological polar surface area (TPSA) is 98.5 Å². The zero-order valence-electron chi connectivity index (χ0n) is 11.6. The lowest BCUT2D eigenvalue weighted by Crippen LogP contribution is -2.15. The Morgan fingerprint density at radius 2 is 1.91 bits per heavy atom. The van der Waals surface area contributed by atoms with Gasteiger partial charge in [-0.2, -0.15) is 17.9 Å². The second-order valence-electron chi connectivity index (χ2n) is 4.32. The Morgan fingerprint density at radius 1 is 1.22 bits per heavy atom. The molecule has 2 aromatic heterocycles. The molecule has 23 heavy (non-hydrogen) atoms. The zero-order chi connectivity index (χ0) is 16.6. The number of nitrogens with one attached hydrogen (secondary N) is 1. The van der Waals surface area contributed by atoms with Gasteiger partial charge in [0.25, 0.3) is 15.2 Å². The second-order valence-corrected chi connectivity index (χ2v) is 6.71. The van der Waals surface area contributed by atoms with Crippen LogP contribution in [0.3, 0.4) is 0 Å². The van der Waals surface area contributed by atoms with Crippen LogP contribution < -0.4 is 9.46 Å². The summed E-state index contributed by atoms with van der Waals surface area (Å²) in [5.74, 6) is 0.243. The van der Waals surface area contributed by atoms with Crippen molar-refractivity contribution in [2.45, 2.75) is 5.16 Å². The van der Waals surface area contributed by atoms with Gasteiger partial charge in [0.2, 0.25) is 5.88 Å². The van der Waals surface area contributed by atoms with Crippen molar-refractivity contribution in [2.75, 3.05) is 11.8 Å². The Labute approximate surface area is 141 Å². The fraction of sp³-hybridized carbons (Fsp3) is 0.0833. The number of fused-ring (bicyclic) bond motifs is 1. The summed E-state index contributed by atoms with van der Waals surface area (Å²) in [6.45, 7) is 0. The van der Waals surface area contributed by atoms with Crippen LogP contribution in [0.15, 0.2) is 35.7 Å². The molecule has 8 nitrogen and oxygen atoms in total. The van der Waals surface area contributed by atoms with Crippen LogP contribution in [0.25, 0.3) is 5.65 Å². The molecule has 0 aliphatic rings. The van der Waals surface area contributed by atoms with Crippen LogP contribution in [0.5, 0.6) is 5.88 Å². The first-order valence-electron chi connectivity index (χ1n) is 6.14. The maximum atomic E-state index is 12.4. The van der Waals surface area contributed by atoms with Crippen molar-refractivity contribution in [1.82, 2.24) is 19.6 Å². The lowest BCUT2D eigenvalue weighted by molar-refractivity contribution is 0.382. The summed E-state index contributed by atoms with van der Waals surface area (Å²) in [4.78, 5) is 7.81. The van der Waals surface area contributed by atoms with E-state index in [1.54, 1.807) is 6.07 Å². The molecule has 0 bridgehead atoms. The molecule has 0 fully saturated rings. The van der Waals surface area contributed by atoms with E-state index in [-0.39, 0.29) is 27.3 Å². The fourth-order valence-electron chi connectivity index (χ4n) is 1.80. The molecule has 2 heterocycles. The highest BCUT2D eigenvalue weighted by Crippen LogP contribution is 2.31. The normalized spacial score (nSPS) is 11.6. The van der Waals surface area contributed by atoms with E-state index in [0.29, 0.717) is 0 Å². The van der Waals surface area contributed by atoms with Gasteiger partial charge in [-0.25, -0.2) is 0 Å². The first-order chi connectivity index (χ1) is 10.9. The molecule has 3 aromatic rings. The zero-order valence-corrected chi connectivity index (χ0v) is 13.9. The summed E-state index contributed by atoms with van der Waals surface area (Å²) in [5.41, 5.74) is 0.273. The number of ether oxygens (including phenoxy) is 1. The van der Waals surface area contributed by atoms with Crippen molar-refractivity contribution in [2.24, 2.45) is 0 Å². The predicted molar refractivity (Wildman–Crippen MR) is 84.6 cm³/mol. The number of halogens is 2. The average molecular weight is 374 g/mol. The van der Waals surface area contributed by atoms with Crippen LogP contribution >= 0.6 is 23.2 Å². The molecule has 1 aromatic carbocycles. The minimum Gasteiger partial charge on any atom is -0.480 e. The van der Waals surface area contributed by atoms with E-state index in [1.165, 1.54) is 36.2 Å². The molecular weight excluding hydrogens is 365 g/mol. The summed E-state index contributed by atoms with van der Waals surface area (Å²) in [7, 11) is -2.68. The minimum absolute atomic E-state index is 0.0554. The average Bonchev–Trinajstić information content (AvgIpc) is 2.96. The quantitative estimate of drug-likeness (QED) is 0.752. The lowest BCUT2D eigenvalue weighted by Gasteiger charge is -2.08. The van der Waals surface area contributed by atoms with Crippen molar-refractivity contribution >= 4 is 44.6 Å². The van der Waals surface area contributed by atoms with Gasteiger partial charge in [0, 0.05) is 0 Å². The number of hydrogen-bond acceptors (Lipinski definition) is 6. The molecule has 0 atom stereocenters. The number of anilines is 1. The van der Waals surface area contributed by atoms with E-state index in [1.807, 2.05) is 0 Å². The monoisotopic (exact) mass is 373 g/mol. The number of rotatable bonds is 4. The Balaban J connectivity index is 2.07. The van der Waals surface area contributed by atoms with E-state index in [9.17, 15) is 8.42 Å². The third kappa shape index (κ3) is 2.90. The van der Waals surface area contributed by atoms with Gasteiger partial charge in [0.1, 0.15) is 0 Å². The van der Waals surface area contributed by atoms with Crippen molar-refractivity contribution in [3.63, 3.8) is 0 Å². The van der Waals surface area contributed by atoms with Crippen molar-refractivity contribution in [3.8, 4) is 5.88 Å². The fourth-order valence-corrected chi connectivity index (χ4v) is 3.39. The van der Waals surface area contributed by atoms with E-state index in [4.69, 9.17) is 27.9 Å². The first-order valence-corrected chi connectivity index (χ1v) is 8.38. The molecular formula is C12H9Cl2N5O3S. The molecule has 0 radical (unpaired) electrons. The molecule has 11 heteroatoms. The van der Waals surface area contributed by atoms with Gasteiger partial charge in [-0.05, 0) is 12.1 Å². The van der Waals surface area contributed by atoms with Crippen LogP contribution in [0.2, 0.25) is 10.0 Å². The van der Waals surface area contributed by atoms with Crippen molar-refractivity contribution in [1.29, 1.82) is 0 Å². The minimum atomic E-state index is -4.09.